The molecule has 0 saturated carbocycles. The minimum absolute atomic E-state index is 0.0815. The molecule has 0 aliphatic heterocycles. The number of ketones is 1. The molecule has 0 heterocycles. The fraction of sp³-hybridized carbons (Fsp3) is 0.152. The Hall–Kier alpha value is -4.42. The third-order valence-electron chi connectivity index (χ3n) is 6.35. The van der Waals surface area contributed by atoms with Gasteiger partial charge in [-0.05, 0) is 41.3 Å². The highest BCUT2D eigenvalue weighted by molar-refractivity contribution is 6.06. The van der Waals surface area contributed by atoms with Crippen molar-refractivity contribution in [3.8, 4) is 0 Å². The molecule has 4 aromatic rings. The third kappa shape index (κ3) is 6.02. The zero-order valence-electron chi connectivity index (χ0n) is 21.5. The number of ether oxygens (including phenoxy) is 2. The number of carbonyl (C=O) groups excluding carboxylic acids is 2. The maximum absolute atomic E-state index is 15.2. The number of benzene rings is 4. The van der Waals surface area contributed by atoms with E-state index in [-0.39, 0.29) is 24.4 Å². The van der Waals surface area contributed by atoms with Crippen molar-refractivity contribution in [3.63, 3.8) is 0 Å². The predicted octanol–water partition coefficient (Wildman–Crippen LogP) is 7.12. The van der Waals surface area contributed by atoms with E-state index >= 15 is 4.39 Å². The number of hydrogen-bond acceptors (Lipinski definition) is 4. The van der Waals surface area contributed by atoms with Crippen LogP contribution in [0.1, 0.15) is 46.0 Å². The lowest BCUT2D eigenvalue weighted by Gasteiger charge is -2.36. The molecule has 0 fully saturated rings. The van der Waals surface area contributed by atoms with Gasteiger partial charge in [0.1, 0.15) is 23.7 Å². The Labute approximate surface area is 226 Å². The maximum atomic E-state index is 15.2. The van der Waals surface area contributed by atoms with Crippen LogP contribution < -0.4 is 0 Å². The Balaban J connectivity index is 1.69. The summed E-state index contributed by atoms with van der Waals surface area (Å²) < 4.78 is 41.5. The zero-order valence-corrected chi connectivity index (χ0v) is 21.5. The van der Waals surface area contributed by atoms with Gasteiger partial charge in [0, 0.05) is 5.56 Å². The first kappa shape index (κ1) is 27.6. The molecule has 0 atom stereocenters. The third-order valence-corrected chi connectivity index (χ3v) is 6.35. The molecule has 4 nitrogen and oxygen atoms in total. The van der Waals surface area contributed by atoms with Crippen molar-refractivity contribution >= 4 is 17.3 Å². The summed E-state index contributed by atoms with van der Waals surface area (Å²) in [5.74, 6) is -3.47. The lowest BCUT2D eigenvalue weighted by molar-refractivity contribution is -0.141. The number of esters is 1. The topological polar surface area (TPSA) is 52.6 Å². The van der Waals surface area contributed by atoms with Gasteiger partial charge < -0.3 is 9.47 Å². The number of hydrogen-bond donors (Lipinski definition) is 0. The minimum atomic E-state index is -1.07. The highest BCUT2D eigenvalue weighted by Crippen LogP contribution is 2.41. The first-order chi connectivity index (χ1) is 18.9. The average Bonchev–Trinajstić information content (AvgIpc) is 2.96. The lowest BCUT2D eigenvalue weighted by atomic mass is 9.80. The van der Waals surface area contributed by atoms with E-state index in [0.29, 0.717) is 0 Å². The lowest BCUT2D eigenvalue weighted by Crippen LogP contribution is -2.33. The molecule has 4 aromatic carbocycles. The SMILES string of the molecule is C=C(COC(c1ccccc1)(c1ccccc1)c1ccccc1)c1cc(F)c(C(=O)CC(=O)OCC)cc1F. The van der Waals surface area contributed by atoms with Crippen LogP contribution in [0.3, 0.4) is 0 Å². The fourth-order valence-corrected chi connectivity index (χ4v) is 4.51. The second-order valence-corrected chi connectivity index (χ2v) is 8.89. The maximum Gasteiger partial charge on any atom is 0.313 e. The Bertz CT molecular complexity index is 1350. The van der Waals surface area contributed by atoms with Gasteiger partial charge in [-0.2, -0.15) is 0 Å². The fourth-order valence-electron chi connectivity index (χ4n) is 4.51. The van der Waals surface area contributed by atoms with E-state index in [1.165, 1.54) is 0 Å². The molecule has 198 valence electrons. The molecule has 6 heteroatoms. The van der Waals surface area contributed by atoms with Crippen molar-refractivity contribution in [1.29, 1.82) is 0 Å². The van der Waals surface area contributed by atoms with Gasteiger partial charge in [0.15, 0.2) is 5.78 Å². The van der Waals surface area contributed by atoms with Crippen LogP contribution in [0.25, 0.3) is 5.57 Å². The monoisotopic (exact) mass is 526 g/mol. The number of carbonyl (C=O) groups is 2. The molecular formula is C33H28F2O4. The molecular weight excluding hydrogens is 498 g/mol. The van der Waals surface area contributed by atoms with Gasteiger partial charge in [-0.3, -0.25) is 9.59 Å². The van der Waals surface area contributed by atoms with Gasteiger partial charge >= 0.3 is 5.97 Å². The van der Waals surface area contributed by atoms with Crippen molar-refractivity contribution in [2.75, 3.05) is 13.2 Å². The van der Waals surface area contributed by atoms with Crippen molar-refractivity contribution in [1.82, 2.24) is 0 Å². The number of Topliss-reactive ketones (excluding diaryl/α,β-unsaturated/α-hetero) is 1. The van der Waals surface area contributed by atoms with Crippen LogP contribution in [-0.4, -0.2) is 25.0 Å². The van der Waals surface area contributed by atoms with Crippen LogP contribution in [0.15, 0.2) is 110 Å². The zero-order chi connectivity index (χ0) is 27.8. The van der Waals surface area contributed by atoms with Gasteiger partial charge in [0.2, 0.25) is 0 Å². The molecule has 0 bridgehead atoms. The molecule has 0 unspecified atom stereocenters. The highest BCUT2D eigenvalue weighted by Gasteiger charge is 2.37. The van der Waals surface area contributed by atoms with Crippen molar-refractivity contribution in [2.24, 2.45) is 0 Å². The van der Waals surface area contributed by atoms with E-state index in [1.54, 1.807) is 6.92 Å². The Morgan fingerprint density at radius 2 is 1.18 bits per heavy atom. The van der Waals surface area contributed by atoms with Crippen molar-refractivity contribution < 1.29 is 27.8 Å². The summed E-state index contributed by atoms with van der Waals surface area (Å²) in [6.45, 7) is 5.49. The standard InChI is InChI=1S/C33H28F2O4/c1-3-38-32(37)21-31(36)28-20-29(34)27(19-30(28)35)23(2)22-39-33(24-13-7-4-8-14-24,25-15-9-5-10-16-25)26-17-11-6-12-18-26/h4-20H,2-3,21-22H2,1H3. The van der Waals surface area contributed by atoms with E-state index in [1.807, 2.05) is 91.0 Å². The highest BCUT2D eigenvalue weighted by atomic mass is 19.1. The smallest absolute Gasteiger partial charge is 0.313 e. The van der Waals surface area contributed by atoms with Gasteiger partial charge in [-0.15, -0.1) is 0 Å². The van der Waals surface area contributed by atoms with E-state index in [2.05, 4.69) is 6.58 Å². The second kappa shape index (κ2) is 12.4. The summed E-state index contributed by atoms with van der Waals surface area (Å²) >= 11 is 0. The quantitative estimate of drug-likeness (QED) is 0.0904. The van der Waals surface area contributed by atoms with Gasteiger partial charge in [-0.25, -0.2) is 8.78 Å². The van der Waals surface area contributed by atoms with Crippen LogP contribution in [0, 0.1) is 11.6 Å². The van der Waals surface area contributed by atoms with E-state index in [4.69, 9.17) is 9.47 Å². The van der Waals surface area contributed by atoms with Crippen LogP contribution in [0.5, 0.6) is 0 Å². The number of rotatable bonds is 11. The van der Waals surface area contributed by atoms with E-state index < -0.39 is 41.0 Å². The van der Waals surface area contributed by atoms with Crippen LogP contribution in [-0.2, 0) is 19.9 Å². The predicted molar refractivity (Wildman–Crippen MR) is 146 cm³/mol. The minimum Gasteiger partial charge on any atom is -0.466 e. The summed E-state index contributed by atoms with van der Waals surface area (Å²) in [5.41, 5.74) is 1.01. The molecule has 0 spiro atoms. The van der Waals surface area contributed by atoms with E-state index in [9.17, 15) is 14.0 Å². The summed E-state index contributed by atoms with van der Waals surface area (Å²) in [7, 11) is 0. The molecule has 0 aromatic heterocycles. The molecule has 39 heavy (non-hydrogen) atoms. The average molecular weight is 527 g/mol. The molecule has 0 aliphatic rings. The summed E-state index contributed by atoms with van der Waals surface area (Å²) in [5, 5.41) is 0. The Kier molecular flexibility index (Phi) is 8.79. The Morgan fingerprint density at radius 1 is 0.744 bits per heavy atom. The summed E-state index contributed by atoms with van der Waals surface area (Å²) in [4.78, 5) is 24.0. The molecule has 0 N–H and O–H groups in total. The van der Waals surface area contributed by atoms with Crippen LogP contribution in [0.4, 0.5) is 8.78 Å². The second-order valence-electron chi connectivity index (χ2n) is 8.89. The summed E-state index contributed by atoms with van der Waals surface area (Å²) in [6.07, 6.45) is -0.679. The first-order valence-electron chi connectivity index (χ1n) is 12.5. The molecule has 0 radical (unpaired) electrons. The van der Waals surface area contributed by atoms with Gasteiger partial charge in [-0.1, -0.05) is 97.6 Å². The largest absolute Gasteiger partial charge is 0.466 e. The van der Waals surface area contributed by atoms with E-state index in [0.717, 1.165) is 28.8 Å². The summed E-state index contributed by atoms with van der Waals surface area (Å²) in [6, 6.07) is 30.6. The van der Waals surface area contributed by atoms with Crippen molar-refractivity contribution in [2.45, 2.75) is 18.9 Å². The van der Waals surface area contributed by atoms with Crippen LogP contribution >= 0.6 is 0 Å². The Morgan fingerprint density at radius 3 is 1.64 bits per heavy atom. The van der Waals surface area contributed by atoms with Gasteiger partial charge in [0.25, 0.3) is 0 Å². The molecule has 0 amide bonds. The molecule has 4 rings (SSSR count). The van der Waals surface area contributed by atoms with Gasteiger partial charge in [0.05, 0.1) is 18.8 Å². The normalized spacial score (nSPS) is 11.2. The molecule has 0 aliphatic carbocycles. The van der Waals surface area contributed by atoms with Crippen molar-refractivity contribution in [3.05, 3.63) is 149 Å². The first-order valence-corrected chi connectivity index (χ1v) is 12.5. The number of halogens is 2. The van der Waals surface area contributed by atoms with Crippen LogP contribution in [0.2, 0.25) is 0 Å². The molecule has 0 saturated heterocycles.